The van der Waals surface area contributed by atoms with E-state index in [4.69, 9.17) is 0 Å². The van der Waals surface area contributed by atoms with Crippen LogP contribution in [0.4, 0.5) is 0 Å². The molecule has 0 radical (unpaired) electrons. The van der Waals surface area contributed by atoms with Crippen molar-refractivity contribution in [3.63, 3.8) is 0 Å². The highest BCUT2D eigenvalue weighted by Gasteiger charge is 2.13. The number of allylic oxidation sites excluding steroid dienone is 6. The predicted molar refractivity (Wildman–Crippen MR) is 96.9 cm³/mol. The first-order valence-corrected chi connectivity index (χ1v) is 8.23. The van der Waals surface area contributed by atoms with Crippen LogP contribution in [0.5, 0.6) is 5.75 Å². The Morgan fingerprint density at radius 1 is 1.20 bits per heavy atom. The second kappa shape index (κ2) is 7.88. The Bertz CT molecular complexity index is 823. The van der Waals surface area contributed by atoms with Crippen molar-refractivity contribution >= 4 is 17.9 Å². The Labute approximate surface area is 147 Å². The van der Waals surface area contributed by atoms with E-state index >= 15 is 0 Å². The fourth-order valence-corrected chi connectivity index (χ4v) is 2.98. The van der Waals surface area contributed by atoms with E-state index in [-0.39, 0.29) is 17.3 Å². The molecule has 1 aliphatic rings. The molecule has 0 aromatic heterocycles. The van der Waals surface area contributed by atoms with Gasteiger partial charge in [-0.05, 0) is 81.0 Å². The zero-order chi connectivity index (χ0) is 18.6. The maximum absolute atomic E-state index is 11.7. The molecular weight excluding hydrogens is 316 g/mol. The first-order chi connectivity index (χ1) is 11.8. The fourth-order valence-electron chi connectivity index (χ4n) is 2.98. The molecule has 0 unspecified atom stereocenters. The first kappa shape index (κ1) is 18.6. The van der Waals surface area contributed by atoms with Gasteiger partial charge in [0.25, 0.3) is 0 Å². The number of hydrogen-bond donors (Lipinski definition) is 1. The van der Waals surface area contributed by atoms with Crippen molar-refractivity contribution in [3.05, 3.63) is 63.8 Å². The van der Waals surface area contributed by atoms with Gasteiger partial charge in [0.1, 0.15) is 5.75 Å². The molecule has 0 saturated heterocycles. The molecule has 25 heavy (non-hydrogen) atoms. The number of benzene rings is 1. The van der Waals surface area contributed by atoms with Crippen LogP contribution < -0.4 is 0 Å². The number of aromatic hydroxyl groups is 1. The molecule has 1 aromatic carbocycles. The average Bonchev–Trinajstić information content (AvgIpc) is 2.55. The molecule has 130 valence electrons. The number of phenols is 1. The summed E-state index contributed by atoms with van der Waals surface area (Å²) < 4.78 is 0. The molecule has 0 fully saturated rings. The van der Waals surface area contributed by atoms with Crippen LogP contribution in [-0.4, -0.2) is 23.0 Å². The number of carbonyl (C=O) groups excluding carboxylic acids is 3. The van der Waals surface area contributed by atoms with Crippen LogP contribution in [0, 0.1) is 13.8 Å². The number of aryl methyl sites for hydroxylation is 1. The first-order valence-electron chi connectivity index (χ1n) is 8.23. The van der Waals surface area contributed by atoms with Gasteiger partial charge in [-0.1, -0.05) is 11.6 Å². The summed E-state index contributed by atoms with van der Waals surface area (Å²) in [5, 5.41) is 9.83. The highest BCUT2D eigenvalue weighted by Crippen LogP contribution is 2.27. The number of phenolic OH excluding ortho intramolecular Hbond substituents is 1. The van der Waals surface area contributed by atoms with Crippen molar-refractivity contribution in [2.45, 2.75) is 40.0 Å². The largest absolute Gasteiger partial charge is 0.507 e. The van der Waals surface area contributed by atoms with Crippen LogP contribution >= 0.6 is 0 Å². The van der Waals surface area contributed by atoms with Crippen LogP contribution in [0.15, 0.2) is 41.5 Å². The summed E-state index contributed by atoms with van der Waals surface area (Å²) in [7, 11) is 0. The third-order valence-electron chi connectivity index (χ3n) is 4.55. The smallest absolute Gasteiger partial charge is 0.182 e. The number of ketones is 2. The van der Waals surface area contributed by atoms with Gasteiger partial charge in [-0.3, -0.25) is 14.4 Å². The lowest BCUT2D eigenvalue weighted by molar-refractivity contribution is -0.114. The van der Waals surface area contributed by atoms with Gasteiger partial charge >= 0.3 is 0 Å². The zero-order valence-electron chi connectivity index (χ0n) is 14.8. The van der Waals surface area contributed by atoms with Crippen molar-refractivity contribution in [2.24, 2.45) is 0 Å². The molecule has 4 nitrogen and oxygen atoms in total. The molecule has 0 aliphatic heterocycles. The summed E-state index contributed by atoms with van der Waals surface area (Å²) in [6, 6.07) is 1.62. The minimum absolute atomic E-state index is 0.0153. The molecule has 1 aliphatic carbocycles. The van der Waals surface area contributed by atoms with Crippen molar-refractivity contribution in [1.82, 2.24) is 0 Å². The summed E-state index contributed by atoms with van der Waals surface area (Å²) >= 11 is 0. The van der Waals surface area contributed by atoms with Gasteiger partial charge in [0.15, 0.2) is 17.9 Å². The van der Waals surface area contributed by atoms with E-state index in [1.807, 2.05) is 26.8 Å². The Morgan fingerprint density at radius 2 is 1.92 bits per heavy atom. The van der Waals surface area contributed by atoms with Crippen LogP contribution in [-0.2, 0) is 16.0 Å². The Hall–Kier alpha value is -2.75. The molecule has 0 atom stereocenters. The lowest BCUT2D eigenvalue weighted by Gasteiger charge is -2.13. The van der Waals surface area contributed by atoms with E-state index in [1.54, 1.807) is 6.07 Å². The molecule has 0 heterocycles. The third kappa shape index (κ3) is 4.41. The van der Waals surface area contributed by atoms with Gasteiger partial charge in [-0.25, -0.2) is 0 Å². The maximum Gasteiger partial charge on any atom is 0.182 e. The highest BCUT2D eigenvalue weighted by atomic mass is 16.3. The molecule has 0 amide bonds. The second-order valence-corrected chi connectivity index (χ2v) is 6.37. The Balaban J connectivity index is 2.07. The van der Waals surface area contributed by atoms with Crippen LogP contribution in [0.25, 0.3) is 0 Å². The van der Waals surface area contributed by atoms with Gasteiger partial charge in [-0.2, -0.15) is 0 Å². The standard InChI is InChI=1S/C21H22O4/c1-13(4-6-16-11-17(23)7-9-20(16)24)5-8-18-14(2)10-21(25)19(12-22)15(18)3/h4,7,9-12,25H,5-6,8H2,1-3H3/b13-4+. The molecule has 1 N–H and O–H groups in total. The molecule has 2 rings (SSSR count). The monoisotopic (exact) mass is 338 g/mol. The maximum atomic E-state index is 11.7. The lowest BCUT2D eigenvalue weighted by atomic mass is 9.92. The molecule has 0 bridgehead atoms. The average molecular weight is 338 g/mol. The van der Waals surface area contributed by atoms with Crippen molar-refractivity contribution in [3.8, 4) is 5.75 Å². The highest BCUT2D eigenvalue weighted by molar-refractivity contribution is 6.17. The summed E-state index contributed by atoms with van der Waals surface area (Å²) in [6.07, 6.45) is 8.58. The van der Waals surface area contributed by atoms with Crippen molar-refractivity contribution in [1.29, 1.82) is 0 Å². The summed E-state index contributed by atoms with van der Waals surface area (Å²) in [5.74, 6) is -0.261. The van der Waals surface area contributed by atoms with E-state index in [0.29, 0.717) is 23.8 Å². The van der Waals surface area contributed by atoms with Gasteiger partial charge in [0.05, 0.1) is 5.56 Å². The molecule has 4 heteroatoms. The van der Waals surface area contributed by atoms with Gasteiger partial charge in [0.2, 0.25) is 0 Å². The number of aldehydes is 1. The number of rotatable bonds is 6. The second-order valence-electron chi connectivity index (χ2n) is 6.37. The van der Waals surface area contributed by atoms with Crippen LogP contribution in [0.2, 0.25) is 0 Å². The fraction of sp³-hybridized carbons (Fsp3) is 0.286. The lowest BCUT2D eigenvalue weighted by Crippen LogP contribution is -2.07. The SMILES string of the molecule is C/C(=C\CC1=CC(=O)C=CC1=O)CCc1c(C)cc(O)c(C=O)c1C. The minimum atomic E-state index is -0.155. The minimum Gasteiger partial charge on any atom is -0.507 e. The zero-order valence-corrected chi connectivity index (χ0v) is 14.8. The van der Waals surface area contributed by atoms with Crippen molar-refractivity contribution in [2.75, 3.05) is 0 Å². The van der Waals surface area contributed by atoms with E-state index in [2.05, 4.69) is 0 Å². The third-order valence-corrected chi connectivity index (χ3v) is 4.55. The van der Waals surface area contributed by atoms with Gasteiger partial charge < -0.3 is 5.11 Å². The van der Waals surface area contributed by atoms with E-state index in [0.717, 1.165) is 35.1 Å². The molecule has 1 aromatic rings. The van der Waals surface area contributed by atoms with Gasteiger partial charge in [0, 0.05) is 5.57 Å². The van der Waals surface area contributed by atoms with Crippen LogP contribution in [0.3, 0.4) is 0 Å². The molecule has 0 saturated carbocycles. The summed E-state index contributed by atoms with van der Waals surface area (Å²) in [6.45, 7) is 5.74. The Morgan fingerprint density at radius 3 is 2.60 bits per heavy atom. The van der Waals surface area contributed by atoms with Crippen molar-refractivity contribution < 1.29 is 19.5 Å². The summed E-state index contributed by atoms with van der Waals surface area (Å²) in [5.41, 5.74) is 4.77. The number of carbonyl (C=O) groups is 3. The summed E-state index contributed by atoms with van der Waals surface area (Å²) in [4.78, 5) is 34.2. The van der Waals surface area contributed by atoms with E-state index in [1.165, 1.54) is 18.2 Å². The predicted octanol–water partition coefficient (Wildman–Crippen LogP) is 3.72. The molecule has 0 spiro atoms. The topological polar surface area (TPSA) is 71.4 Å². The van der Waals surface area contributed by atoms with Gasteiger partial charge in [-0.15, -0.1) is 0 Å². The van der Waals surface area contributed by atoms with E-state index in [9.17, 15) is 19.5 Å². The number of hydrogen-bond acceptors (Lipinski definition) is 4. The van der Waals surface area contributed by atoms with Crippen LogP contribution in [0.1, 0.15) is 46.8 Å². The van der Waals surface area contributed by atoms with E-state index < -0.39 is 0 Å². The Kier molecular flexibility index (Phi) is 5.86. The quantitative estimate of drug-likeness (QED) is 0.487. The normalized spacial score (nSPS) is 14.7. The molecular formula is C21H22O4.